The third-order valence-electron chi connectivity index (χ3n) is 3.06. The van der Waals surface area contributed by atoms with Crippen molar-refractivity contribution in [3.63, 3.8) is 0 Å². The van der Waals surface area contributed by atoms with E-state index in [9.17, 15) is 9.59 Å². The first-order valence-corrected chi connectivity index (χ1v) is 7.95. The van der Waals surface area contributed by atoms with E-state index in [1.807, 2.05) is 19.2 Å². The number of amides is 1. The zero-order valence-electron chi connectivity index (χ0n) is 13.0. The highest BCUT2D eigenvalue weighted by molar-refractivity contribution is 7.12. The minimum Gasteiger partial charge on any atom is -0.423 e. The molecule has 1 atom stereocenters. The van der Waals surface area contributed by atoms with E-state index in [4.69, 9.17) is 4.42 Å². The summed E-state index contributed by atoms with van der Waals surface area (Å²) in [7, 11) is 0. The summed E-state index contributed by atoms with van der Waals surface area (Å²) < 4.78 is 5.51. The van der Waals surface area contributed by atoms with Crippen molar-refractivity contribution < 1.29 is 14.0 Å². The maximum Gasteiger partial charge on any atom is 0.238 e. The Hall–Kier alpha value is -2.02. The summed E-state index contributed by atoms with van der Waals surface area (Å²) in [4.78, 5) is 23.9. The monoisotopic (exact) mass is 321 g/mol. The van der Waals surface area contributed by atoms with Crippen LogP contribution in [0, 0.1) is 0 Å². The number of carbonyl (C=O) groups excluding carboxylic acids is 2. The van der Waals surface area contributed by atoms with Crippen molar-refractivity contribution in [2.75, 3.05) is 0 Å². The molecule has 1 N–H and O–H groups in total. The molecule has 2 heterocycles. The summed E-state index contributed by atoms with van der Waals surface area (Å²) in [6.45, 7) is 7.23. The number of ketones is 1. The molecule has 2 aromatic rings. The minimum absolute atomic E-state index is 0.0112. The lowest BCUT2D eigenvalue weighted by Crippen LogP contribution is -2.28. The molecular weight excluding hydrogens is 302 g/mol. The van der Waals surface area contributed by atoms with Gasteiger partial charge in [0.05, 0.1) is 11.3 Å². The van der Waals surface area contributed by atoms with Crippen molar-refractivity contribution in [1.29, 1.82) is 0 Å². The van der Waals surface area contributed by atoms with Crippen LogP contribution in [-0.4, -0.2) is 21.9 Å². The maximum atomic E-state index is 12.0. The molecule has 118 valence electrons. The van der Waals surface area contributed by atoms with Gasteiger partial charge in [-0.25, -0.2) is 0 Å². The van der Waals surface area contributed by atoms with Gasteiger partial charge in [-0.15, -0.1) is 21.5 Å². The van der Waals surface area contributed by atoms with E-state index in [-0.39, 0.29) is 30.1 Å². The van der Waals surface area contributed by atoms with Gasteiger partial charge < -0.3 is 9.73 Å². The molecule has 0 aliphatic heterocycles. The minimum atomic E-state index is -0.349. The van der Waals surface area contributed by atoms with Gasteiger partial charge >= 0.3 is 0 Å². The van der Waals surface area contributed by atoms with E-state index in [0.717, 1.165) is 5.56 Å². The van der Waals surface area contributed by atoms with Gasteiger partial charge in [0.1, 0.15) is 6.04 Å². The highest BCUT2D eigenvalue weighted by atomic mass is 32.1. The summed E-state index contributed by atoms with van der Waals surface area (Å²) >= 11 is 1.35. The van der Waals surface area contributed by atoms with Gasteiger partial charge in [-0.1, -0.05) is 13.8 Å². The Balaban J connectivity index is 1.93. The Morgan fingerprint density at radius 3 is 2.50 bits per heavy atom. The maximum absolute atomic E-state index is 12.0. The largest absolute Gasteiger partial charge is 0.423 e. The zero-order valence-corrected chi connectivity index (χ0v) is 13.9. The van der Waals surface area contributed by atoms with Crippen molar-refractivity contribution in [3.8, 4) is 0 Å². The number of hydrogen-bond acceptors (Lipinski definition) is 6. The molecule has 0 radical (unpaired) electrons. The second-order valence-electron chi connectivity index (χ2n) is 5.47. The summed E-state index contributed by atoms with van der Waals surface area (Å²) in [5.41, 5.74) is 0.827. The molecule has 1 amide bonds. The molecule has 0 unspecified atom stereocenters. The summed E-state index contributed by atoms with van der Waals surface area (Å²) in [6.07, 6.45) is 0.222. The summed E-state index contributed by atoms with van der Waals surface area (Å²) in [6, 6.07) is 1.40. The van der Waals surface area contributed by atoms with Crippen LogP contribution in [0.25, 0.3) is 0 Å². The first kappa shape index (κ1) is 16.4. The fourth-order valence-electron chi connectivity index (χ4n) is 1.85. The van der Waals surface area contributed by atoms with Gasteiger partial charge in [-0.05, 0) is 30.9 Å². The average Bonchev–Trinajstić information content (AvgIpc) is 3.06. The number of Topliss-reactive ketones (excluding diaryl/α,β-unsaturated/α-hetero) is 1. The number of hydrogen-bond donors (Lipinski definition) is 1. The molecule has 6 nitrogen and oxygen atoms in total. The molecule has 0 fully saturated rings. The molecular formula is C15H19N3O3S. The van der Waals surface area contributed by atoms with Crippen molar-refractivity contribution >= 4 is 23.0 Å². The Bertz CT molecular complexity index is 675. The van der Waals surface area contributed by atoms with Gasteiger partial charge in [0.25, 0.3) is 0 Å². The van der Waals surface area contributed by atoms with Gasteiger partial charge in [0.2, 0.25) is 17.7 Å². The van der Waals surface area contributed by atoms with E-state index >= 15 is 0 Å². The normalized spacial score (nSPS) is 12.4. The quantitative estimate of drug-likeness (QED) is 0.827. The third kappa shape index (κ3) is 4.00. The second-order valence-corrected chi connectivity index (χ2v) is 6.39. The van der Waals surface area contributed by atoms with Gasteiger partial charge in [0.15, 0.2) is 5.78 Å². The molecule has 0 saturated heterocycles. The number of aromatic nitrogens is 2. The topological polar surface area (TPSA) is 85.1 Å². The van der Waals surface area contributed by atoms with Crippen molar-refractivity contribution in [2.24, 2.45) is 0 Å². The molecule has 0 aromatic carbocycles. The predicted octanol–water partition coefficient (Wildman–Crippen LogP) is 2.88. The van der Waals surface area contributed by atoms with Crippen LogP contribution < -0.4 is 5.32 Å². The highest BCUT2D eigenvalue weighted by Crippen LogP contribution is 2.18. The predicted molar refractivity (Wildman–Crippen MR) is 83.0 cm³/mol. The van der Waals surface area contributed by atoms with Gasteiger partial charge in [-0.2, -0.15) is 0 Å². The highest BCUT2D eigenvalue weighted by Gasteiger charge is 2.18. The Kier molecular flexibility index (Phi) is 5.07. The van der Waals surface area contributed by atoms with E-state index in [1.165, 1.54) is 18.3 Å². The summed E-state index contributed by atoms with van der Waals surface area (Å²) in [5, 5.41) is 12.5. The molecule has 2 rings (SSSR count). The van der Waals surface area contributed by atoms with E-state index < -0.39 is 0 Å². The van der Waals surface area contributed by atoms with Crippen LogP contribution in [-0.2, 0) is 11.2 Å². The molecule has 0 bridgehead atoms. The first-order chi connectivity index (χ1) is 10.4. The van der Waals surface area contributed by atoms with Crippen molar-refractivity contribution in [2.45, 2.75) is 46.1 Å². The molecule has 22 heavy (non-hydrogen) atoms. The number of carbonyl (C=O) groups is 2. The van der Waals surface area contributed by atoms with Crippen LogP contribution in [0.5, 0.6) is 0 Å². The average molecular weight is 321 g/mol. The SMILES string of the molecule is CC(=O)c1cc(CC(=O)N[C@@H](C)c2nnc(C(C)C)o2)cs1. The fraction of sp³-hybridized carbons (Fsp3) is 0.467. The number of nitrogens with one attached hydrogen (secondary N) is 1. The van der Waals surface area contributed by atoms with Crippen LogP contribution in [0.3, 0.4) is 0 Å². The molecule has 0 saturated carbocycles. The number of nitrogens with zero attached hydrogens (tertiary/aromatic N) is 2. The van der Waals surface area contributed by atoms with E-state index in [0.29, 0.717) is 16.7 Å². The lowest BCUT2D eigenvalue weighted by atomic mass is 10.2. The van der Waals surface area contributed by atoms with Crippen molar-refractivity contribution in [3.05, 3.63) is 33.7 Å². The van der Waals surface area contributed by atoms with Crippen LogP contribution in [0.1, 0.15) is 66.7 Å². The van der Waals surface area contributed by atoms with Gasteiger partial charge in [-0.3, -0.25) is 9.59 Å². The van der Waals surface area contributed by atoms with Crippen LogP contribution in [0.2, 0.25) is 0 Å². The lowest BCUT2D eigenvalue weighted by Gasteiger charge is -2.09. The third-order valence-corrected chi connectivity index (χ3v) is 4.14. The van der Waals surface area contributed by atoms with Crippen LogP contribution >= 0.6 is 11.3 Å². The van der Waals surface area contributed by atoms with E-state index in [2.05, 4.69) is 15.5 Å². The second kappa shape index (κ2) is 6.83. The number of thiophene rings is 1. The smallest absolute Gasteiger partial charge is 0.238 e. The van der Waals surface area contributed by atoms with Crippen LogP contribution in [0.4, 0.5) is 0 Å². The molecule has 0 aliphatic carbocycles. The molecule has 0 spiro atoms. The first-order valence-electron chi connectivity index (χ1n) is 7.07. The Labute approximate surface area is 132 Å². The molecule has 2 aromatic heterocycles. The Morgan fingerprint density at radius 2 is 1.95 bits per heavy atom. The lowest BCUT2D eigenvalue weighted by molar-refractivity contribution is -0.121. The van der Waals surface area contributed by atoms with Crippen LogP contribution in [0.15, 0.2) is 15.9 Å². The standard InChI is InChI=1S/C15H19N3O3S/c1-8(2)14-17-18-15(21-14)9(3)16-13(20)6-11-5-12(10(4)19)22-7-11/h5,7-9H,6H2,1-4H3,(H,16,20)/t9-/m0/s1. The number of rotatable bonds is 6. The van der Waals surface area contributed by atoms with Gasteiger partial charge in [0, 0.05) is 5.92 Å². The zero-order chi connectivity index (χ0) is 16.3. The molecule has 0 aliphatic rings. The Morgan fingerprint density at radius 1 is 1.27 bits per heavy atom. The molecule has 7 heteroatoms. The summed E-state index contributed by atoms with van der Waals surface area (Å²) in [5.74, 6) is 0.966. The van der Waals surface area contributed by atoms with Crippen molar-refractivity contribution in [1.82, 2.24) is 15.5 Å². The van der Waals surface area contributed by atoms with E-state index in [1.54, 1.807) is 13.0 Å². The fourth-order valence-corrected chi connectivity index (χ4v) is 2.66.